The van der Waals surface area contributed by atoms with E-state index in [1.54, 1.807) is 6.08 Å². The van der Waals surface area contributed by atoms with E-state index in [1.165, 1.54) is 360 Å². The van der Waals surface area contributed by atoms with Crippen LogP contribution in [0.1, 0.15) is 431 Å². The molecule has 0 fully saturated rings. The van der Waals surface area contributed by atoms with E-state index >= 15 is 0 Å². The minimum absolute atomic E-state index is 0.0158. The van der Waals surface area contributed by atoms with Crippen molar-refractivity contribution >= 4 is 11.9 Å². The largest absolute Gasteiger partial charge is 0.466 e. The monoisotopic (exact) mass is 1170 g/mol. The fourth-order valence-electron chi connectivity index (χ4n) is 12.2. The highest BCUT2D eigenvalue weighted by molar-refractivity contribution is 5.76. The molecule has 6 heteroatoms. The zero-order chi connectivity index (χ0) is 59.9. The summed E-state index contributed by atoms with van der Waals surface area (Å²) in [5, 5.41) is 23.3. The van der Waals surface area contributed by atoms with E-state index in [0.29, 0.717) is 19.4 Å². The molecule has 0 rings (SSSR count). The molecule has 3 N–H and O–H groups in total. The molecule has 2 unspecified atom stereocenters. The van der Waals surface area contributed by atoms with Crippen LogP contribution in [0, 0.1) is 0 Å². The molecule has 0 saturated carbocycles. The molecule has 83 heavy (non-hydrogen) atoms. The summed E-state index contributed by atoms with van der Waals surface area (Å²) in [5.74, 6) is -0.0449. The first-order valence-electron chi connectivity index (χ1n) is 38.1. The van der Waals surface area contributed by atoms with Crippen molar-refractivity contribution in [2.75, 3.05) is 13.2 Å². The van der Waals surface area contributed by atoms with E-state index in [0.717, 1.165) is 44.9 Å². The number of amides is 1. The molecule has 6 nitrogen and oxygen atoms in total. The van der Waals surface area contributed by atoms with Gasteiger partial charge in [-0.05, 0) is 57.8 Å². The number of aliphatic hydroxyl groups is 2. The van der Waals surface area contributed by atoms with Gasteiger partial charge in [-0.2, -0.15) is 0 Å². The van der Waals surface area contributed by atoms with Crippen molar-refractivity contribution in [1.82, 2.24) is 5.32 Å². The zero-order valence-corrected chi connectivity index (χ0v) is 56.5. The van der Waals surface area contributed by atoms with Crippen LogP contribution >= 0.6 is 0 Å². The van der Waals surface area contributed by atoms with Gasteiger partial charge in [0.2, 0.25) is 5.91 Å². The van der Waals surface area contributed by atoms with Crippen LogP contribution in [0.15, 0.2) is 24.3 Å². The van der Waals surface area contributed by atoms with Gasteiger partial charge in [0.1, 0.15) is 0 Å². The average molecular weight is 1170 g/mol. The van der Waals surface area contributed by atoms with Crippen LogP contribution in [0.2, 0.25) is 0 Å². The third-order valence-corrected chi connectivity index (χ3v) is 18.0. The highest BCUT2D eigenvalue weighted by Crippen LogP contribution is 2.19. The van der Waals surface area contributed by atoms with Crippen LogP contribution in [0.25, 0.3) is 0 Å². The number of hydrogen-bond donors (Lipinski definition) is 3. The van der Waals surface area contributed by atoms with E-state index in [1.807, 2.05) is 6.08 Å². The number of allylic oxidation sites excluding steroid dienone is 3. The fraction of sp³-hybridized carbons (Fsp3) is 0.922. The Kier molecular flexibility index (Phi) is 71.4. The fourth-order valence-corrected chi connectivity index (χ4v) is 12.2. The van der Waals surface area contributed by atoms with Gasteiger partial charge >= 0.3 is 5.97 Å². The molecule has 0 aromatic carbocycles. The van der Waals surface area contributed by atoms with Gasteiger partial charge < -0.3 is 20.3 Å². The maximum absolute atomic E-state index is 12.5. The molecule has 0 bridgehead atoms. The first-order valence-corrected chi connectivity index (χ1v) is 38.1. The standard InChI is InChI=1S/C77H149NO5/c1-3-5-7-9-11-13-15-17-19-21-23-31-34-37-41-45-49-53-57-61-65-69-75(80)74(73-79)78-76(81)70-66-62-58-54-50-46-42-38-35-32-29-27-25-24-26-28-30-33-36-40-44-48-52-56-60-64-68-72-83-77(82)71-67-63-59-55-51-47-43-39-22-20-18-16-14-12-10-8-6-4-2/h20,22,65,69,74-75,79-80H,3-19,21,23-64,66-68,70-73H2,1-2H3,(H,78,81)/b22-20-,69-65+. The van der Waals surface area contributed by atoms with Gasteiger partial charge in [0.05, 0.1) is 25.4 Å². The lowest BCUT2D eigenvalue weighted by molar-refractivity contribution is -0.143. The average Bonchev–Trinajstić information content (AvgIpc) is 3.49. The van der Waals surface area contributed by atoms with Crippen molar-refractivity contribution in [2.45, 2.75) is 443 Å². The number of rotatable bonds is 72. The molecular formula is C77H149NO5. The Morgan fingerprint density at radius 2 is 0.566 bits per heavy atom. The topological polar surface area (TPSA) is 95.9 Å². The number of aliphatic hydroxyl groups excluding tert-OH is 2. The van der Waals surface area contributed by atoms with Gasteiger partial charge in [-0.1, -0.05) is 385 Å². The zero-order valence-electron chi connectivity index (χ0n) is 56.5. The van der Waals surface area contributed by atoms with Crippen molar-refractivity contribution in [2.24, 2.45) is 0 Å². The Morgan fingerprint density at radius 1 is 0.325 bits per heavy atom. The van der Waals surface area contributed by atoms with Crippen molar-refractivity contribution in [3.8, 4) is 0 Å². The van der Waals surface area contributed by atoms with Crippen LogP contribution < -0.4 is 5.32 Å². The molecule has 0 aromatic heterocycles. The predicted molar refractivity (Wildman–Crippen MR) is 366 cm³/mol. The Labute approximate surface area is 520 Å². The summed E-state index contributed by atoms with van der Waals surface area (Å²) in [6.45, 7) is 4.95. The Morgan fingerprint density at radius 3 is 0.855 bits per heavy atom. The van der Waals surface area contributed by atoms with E-state index in [2.05, 4.69) is 31.3 Å². The summed E-state index contributed by atoms with van der Waals surface area (Å²) >= 11 is 0. The van der Waals surface area contributed by atoms with E-state index in [9.17, 15) is 19.8 Å². The van der Waals surface area contributed by atoms with Crippen LogP contribution in [0.4, 0.5) is 0 Å². The predicted octanol–water partition coefficient (Wildman–Crippen LogP) is 24.9. The molecule has 492 valence electrons. The van der Waals surface area contributed by atoms with E-state index in [4.69, 9.17) is 4.74 Å². The van der Waals surface area contributed by atoms with Crippen molar-refractivity contribution < 1.29 is 24.5 Å². The van der Waals surface area contributed by atoms with Crippen molar-refractivity contribution in [3.05, 3.63) is 24.3 Å². The van der Waals surface area contributed by atoms with Crippen LogP contribution in [-0.2, 0) is 14.3 Å². The summed E-state index contributed by atoms with van der Waals surface area (Å²) in [6, 6.07) is -0.627. The second-order valence-electron chi connectivity index (χ2n) is 26.3. The first-order chi connectivity index (χ1) is 41.0. The van der Waals surface area contributed by atoms with E-state index < -0.39 is 12.1 Å². The number of unbranched alkanes of at least 4 members (excludes halogenated alkanes) is 59. The highest BCUT2D eigenvalue weighted by atomic mass is 16.5. The lowest BCUT2D eigenvalue weighted by Crippen LogP contribution is -2.45. The molecule has 0 aliphatic heterocycles. The third kappa shape index (κ3) is 69.3. The molecule has 0 aromatic rings. The van der Waals surface area contributed by atoms with Gasteiger partial charge in [-0.15, -0.1) is 0 Å². The van der Waals surface area contributed by atoms with Gasteiger partial charge in [0, 0.05) is 12.8 Å². The second-order valence-corrected chi connectivity index (χ2v) is 26.3. The summed E-state index contributed by atoms with van der Waals surface area (Å²) in [7, 11) is 0. The number of nitrogens with one attached hydrogen (secondary N) is 1. The SMILES string of the molecule is CCCCCCCCC/C=C\CCCCCCCCCC(=O)OCCCCCCCCCCCCCCCCCCCCCCCCCCCCCC(=O)NC(CO)C(O)/C=C/CCCCCCCCCCCCCCCCCCCCC. The Balaban J connectivity index is 3.36. The van der Waals surface area contributed by atoms with Crippen LogP contribution in [0.3, 0.4) is 0 Å². The molecule has 0 saturated heterocycles. The molecular weight excluding hydrogens is 1020 g/mol. The van der Waals surface area contributed by atoms with Gasteiger partial charge in [0.15, 0.2) is 0 Å². The number of carbonyl (C=O) groups excluding carboxylic acids is 2. The van der Waals surface area contributed by atoms with Gasteiger partial charge in [-0.3, -0.25) is 9.59 Å². The van der Waals surface area contributed by atoms with Crippen LogP contribution in [0.5, 0.6) is 0 Å². The minimum Gasteiger partial charge on any atom is -0.466 e. The van der Waals surface area contributed by atoms with Crippen LogP contribution in [-0.4, -0.2) is 47.4 Å². The summed E-state index contributed by atoms with van der Waals surface area (Å²) in [4.78, 5) is 24.7. The van der Waals surface area contributed by atoms with Gasteiger partial charge in [-0.25, -0.2) is 0 Å². The third-order valence-electron chi connectivity index (χ3n) is 18.0. The van der Waals surface area contributed by atoms with Crippen molar-refractivity contribution in [3.63, 3.8) is 0 Å². The van der Waals surface area contributed by atoms with E-state index in [-0.39, 0.29) is 18.5 Å². The minimum atomic E-state index is -0.844. The van der Waals surface area contributed by atoms with Gasteiger partial charge in [0.25, 0.3) is 0 Å². The molecule has 0 heterocycles. The first kappa shape index (κ1) is 81.3. The lowest BCUT2D eigenvalue weighted by Gasteiger charge is -2.20. The summed E-state index contributed by atoms with van der Waals surface area (Å²) in [6.07, 6.45) is 92.8. The summed E-state index contributed by atoms with van der Waals surface area (Å²) in [5.41, 5.74) is 0. The molecule has 0 aliphatic carbocycles. The number of hydrogen-bond acceptors (Lipinski definition) is 5. The molecule has 2 atom stereocenters. The summed E-state index contributed by atoms with van der Waals surface area (Å²) < 4.78 is 5.51. The number of esters is 1. The maximum Gasteiger partial charge on any atom is 0.305 e. The normalized spacial score (nSPS) is 12.6. The molecule has 0 aliphatic rings. The number of carbonyl (C=O) groups is 2. The second kappa shape index (κ2) is 72.8. The smallest absolute Gasteiger partial charge is 0.305 e. The Bertz CT molecular complexity index is 1300. The highest BCUT2D eigenvalue weighted by Gasteiger charge is 2.18. The maximum atomic E-state index is 12.5. The molecule has 1 amide bonds. The number of ether oxygens (including phenoxy) is 1. The Hall–Kier alpha value is -1.66. The quantitative estimate of drug-likeness (QED) is 0.0320. The lowest BCUT2D eigenvalue weighted by atomic mass is 10.0. The molecule has 0 radical (unpaired) electrons. The molecule has 0 spiro atoms. The van der Waals surface area contributed by atoms with Crippen molar-refractivity contribution in [1.29, 1.82) is 0 Å².